The first-order valence-electron chi connectivity index (χ1n) is 10.2. The third kappa shape index (κ3) is 3.63. The Bertz CT molecular complexity index is 1250. The minimum atomic E-state index is 0.808. The van der Waals surface area contributed by atoms with Crippen molar-refractivity contribution in [2.45, 2.75) is 0 Å². The lowest BCUT2D eigenvalue weighted by Crippen LogP contribution is -1.87. The highest BCUT2D eigenvalue weighted by Crippen LogP contribution is 2.33. The maximum absolute atomic E-state index is 5.46. The van der Waals surface area contributed by atoms with Gasteiger partial charge in [0.15, 0.2) is 0 Å². The summed E-state index contributed by atoms with van der Waals surface area (Å²) >= 11 is 0. The van der Waals surface area contributed by atoms with Gasteiger partial charge in [-0.05, 0) is 36.4 Å². The number of nitrogens with one attached hydrogen (secondary N) is 2. The molecule has 0 aliphatic heterocycles. The first-order valence-corrected chi connectivity index (χ1v) is 10.2. The summed E-state index contributed by atoms with van der Waals surface area (Å²) in [5.41, 5.74) is 7.56. The van der Waals surface area contributed by atoms with Gasteiger partial charge in [0.1, 0.15) is 11.5 Å². The van der Waals surface area contributed by atoms with Crippen LogP contribution in [0.3, 0.4) is 0 Å². The molecule has 0 saturated heterocycles. The van der Waals surface area contributed by atoms with Crippen molar-refractivity contribution in [2.24, 2.45) is 0 Å². The maximum atomic E-state index is 5.46. The lowest BCUT2D eigenvalue weighted by molar-refractivity contribution is 0.416. The minimum Gasteiger partial charge on any atom is -0.496 e. The van der Waals surface area contributed by atoms with Crippen molar-refractivity contribution >= 4 is 0 Å². The number of hydrogen-bond donors (Lipinski definition) is 2. The zero-order valence-electron chi connectivity index (χ0n) is 17.8. The smallest absolute Gasteiger partial charge is 0.128 e. The Hall–Kier alpha value is -4.32. The van der Waals surface area contributed by atoms with E-state index in [1.54, 1.807) is 14.2 Å². The summed E-state index contributed by atoms with van der Waals surface area (Å²) in [4.78, 5) is 0. The highest BCUT2D eigenvalue weighted by molar-refractivity contribution is 5.75. The summed E-state index contributed by atoms with van der Waals surface area (Å²) in [7, 11) is 3.34. The summed E-state index contributed by atoms with van der Waals surface area (Å²) in [5.74, 6) is 1.62. The van der Waals surface area contributed by atoms with Crippen molar-refractivity contribution in [1.29, 1.82) is 0 Å². The molecule has 158 valence electrons. The second kappa shape index (κ2) is 8.43. The van der Waals surface area contributed by atoms with Crippen LogP contribution < -0.4 is 9.47 Å². The first-order chi connectivity index (χ1) is 15.8. The second-order valence-electron chi connectivity index (χ2n) is 7.31. The SMILES string of the molecule is COc1ccccc1-c1cc(-c2ccc(-c3cc(-c4ccccc4OC)[nH]n3)cc2)n[nH]1. The Kier molecular flexibility index (Phi) is 5.17. The van der Waals surface area contributed by atoms with Gasteiger partial charge in [0.2, 0.25) is 0 Å². The number of H-pyrrole nitrogens is 2. The Labute approximate surface area is 185 Å². The molecule has 0 aliphatic carbocycles. The average molecular weight is 422 g/mol. The van der Waals surface area contributed by atoms with Gasteiger partial charge in [-0.1, -0.05) is 48.5 Å². The van der Waals surface area contributed by atoms with Crippen molar-refractivity contribution in [1.82, 2.24) is 20.4 Å². The Balaban J connectivity index is 1.40. The first kappa shape index (κ1) is 19.6. The highest BCUT2D eigenvalue weighted by atomic mass is 16.5. The minimum absolute atomic E-state index is 0.808. The largest absolute Gasteiger partial charge is 0.496 e. The number of methoxy groups -OCH3 is 2. The lowest BCUT2D eigenvalue weighted by atomic mass is 10.0. The molecule has 0 atom stereocenters. The maximum Gasteiger partial charge on any atom is 0.128 e. The zero-order valence-corrected chi connectivity index (χ0v) is 17.8. The molecular weight excluding hydrogens is 400 g/mol. The van der Waals surface area contributed by atoms with Crippen LogP contribution >= 0.6 is 0 Å². The predicted octanol–water partition coefficient (Wildman–Crippen LogP) is 5.82. The van der Waals surface area contributed by atoms with E-state index in [4.69, 9.17) is 9.47 Å². The van der Waals surface area contributed by atoms with Crippen LogP contribution in [0.5, 0.6) is 11.5 Å². The van der Waals surface area contributed by atoms with Crippen molar-refractivity contribution < 1.29 is 9.47 Å². The quantitative estimate of drug-likeness (QED) is 0.362. The van der Waals surface area contributed by atoms with Gasteiger partial charge in [-0.2, -0.15) is 10.2 Å². The Morgan fingerprint density at radius 2 is 0.969 bits per heavy atom. The van der Waals surface area contributed by atoms with Crippen LogP contribution in [0.15, 0.2) is 84.9 Å². The fourth-order valence-corrected chi connectivity index (χ4v) is 3.76. The fraction of sp³-hybridized carbons (Fsp3) is 0.0769. The number of aromatic amines is 2. The monoisotopic (exact) mass is 422 g/mol. The van der Waals surface area contributed by atoms with Gasteiger partial charge in [0, 0.05) is 22.3 Å². The van der Waals surface area contributed by atoms with E-state index in [2.05, 4.69) is 44.7 Å². The molecule has 0 bridgehead atoms. The predicted molar refractivity (Wildman–Crippen MR) is 126 cm³/mol. The summed E-state index contributed by atoms with van der Waals surface area (Å²) < 4.78 is 10.9. The number of benzene rings is 3. The molecule has 0 radical (unpaired) electrons. The Morgan fingerprint density at radius 1 is 0.562 bits per heavy atom. The number of para-hydroxylation sites is 2. The van der Waals surface area contributed by atoms with Gasteiger partial charge >= 0.3 is 0 Å². The molecule has 5 rings (SSSR count). The van der Waals surface area contributed by atoms with E-state index in [0.29, 0.717) is 0 Å². The van der Waals surface area contributed by atoms with Crippen molar-refractivity contribution in [3.8, 4) is 56.5 Å². The van der Waals surface area contributed by atoms with Crippen molar-refractivity contribution in [3.05, 3.63) is 84.9 Å². The number of rotatable bonds is 6. The number of ether oxygens (including phenoxy) is 2. The second-order valence-corrected chi connectivity index (χ2v) is 7.31. The average Bonchev–Trinajstić information content (AvgIpc) is 3.54. The van der Waals surface area contributed by atoms with Gasteiger partial charge in [-0.15, -0.1) is 0 Å². The molecule has 6 heteroatoms. The van der Waals surface area contributed by atoms with Crippen LogP contribution in [0.1, 0.15) is 0 Å². The molecule has 2 aromatic heterocycles. The van der Waals surface area contributed by atoms with Crippen molar-refractivity contribution in [2.75, 3.05) is 14.2 Å². The molecule has 0 amide bonds. The Morgan fingerprint density at radius 3 is 1.38 bits per heavy atom. The third-order valence-electron chi connectivity index (χ3n) is 5.43. The summed E-state index contributed by atoms with van der Waals surface area (Å²) in [6, 6.07) is 28.0. The molecule has 3 aromatic carbocycles. The summed E-state index contributed by atoms with van der Waals surface area (Å²) in [6.07, 6.45) is 0. The van der Waals surface area contributed by atoms with Crippen molar-refractivity contribution in [3.63, 3.8) is 0 Å². The molecule has 0 spiro atoms. The van der Waals surface area contributed by atoms with Crippen LogP contribution in [0, 0.1) is 0 Å². The topological polar surface area (TPSA) is 75.8 Å². The molecule has 0 saturated carbocycles. The molecule has 32 heavy (non-hydrogen) atoms. The van der Waals surface area contributed by atoms with E-state index >= 15 is 0 Å². The zero-order chi connectivity index (χ0) is 21.9. The van der Waals surface area contributed by atoms with Gasteiger partial charge in [-0.3, -0.25) is 10.2 Å². The lowest BCUT2D eigenvalue weighted by Gasteiger charge is -2.05. The molecule has 2 heterocycles. The molecule has 0 aliphatic rings. The van der Waals surface area contributed by atoms with E-state index in [-0.39, 0.29) is 0 Å². The third-order valence-corrected chi connectivity index (χ3v) is 5.43. The van der Waals surface area contributed by atoms with Gasteiger partial charge in [-0.25, -0.2) is 0 Å². The van der Waals surface area contributed by atoms with Crippen LogP contribution in [0.2, 0.25) is 0 Å². The van der Waals surface area contributed by atoms with E-state index in [0.717, 1.165) is 56.5 Å². The normalized spacial score (nSPS) is 10.8. The van der Waals surface area contributed by atoms with Crippen LogP contribution in [0.25, 0.3) is 45.0 Å². The van der Waals surface area contributed by atoms with E-state index < -0.39 is 0 Å². The highest BCUT2D eigenvalue weighted by Gasteiger charge is 2.12. The van der Waals surface area contributed by atoms with E-state index in [1.807, 2.05) is 60.7 Å². The van der Waals surface area contributed by atoms with Gasteiger partial charge in [0.05, 0.1) is 37.0 Å². The fourth-order valence-electron chi connectivity index (χ4n) is 3.76. The summed E-state index contributed by atoms with van der Waals surface area (Å²) in [6.45, 7) is 0. The number of hydrogen-bond acceptors (Lipinski definition) is 4. The van der Waals surface area contributed by atoms with Gasteiger partial charge in [0.25, 0.3) is 0 Å². The number of aromatic nitrogens is 4. The standard InChI is InChI=1S/C26H22N4O2/c1-31-25-9-5-3-7-19(25)23-15-21(27-29-23)17-11-13-18(14-12-17)22-16-24(30-28-22)20-8-4-6-10-26(20)32-2/h3-16H,1-2H3,(H,27,29)(H,28,30). The molecular formula is C26H22N4O2. The summed E-state index contributed by atoms with van der Waals surface area (Å²) in [5, 5.41) is 15.2. The van der Waals surface area contributed by atoms with Crippen LogP contribution in [-0.2, 0) is 0 Å². The molecule has 6 nitrogen and oxygen atoms in total. The number of nitrogens with zero attached hydrogens (tertiary/aromatic N) is 2. The van der Waals surface area contributed by atoms with E-state index in [9.17, 15) is 0 Å². The molecule has 5 aromatic rings. The molecule has 0 unspecified atom stereocenters. The van der Waals surface area contributed by atoms with Gasteiger partial charge < -0.3 is 9.47 Å². The molecule has 0 fully saturated rings. The van der Waals surface area contributed by atoms with Crippen LogP contribution in [-0.4, -0.2) is 34.6 Å². The van der Waals surface area contributed by atoms with E-state index in [1.165, 1.54) is 0 Å². The molecule has 2 N–H and O–H groups in total. The van der Waals surface area contributed by atoms with Crippen LogP contribution in [0.4, 0.5) is 0 Å².